The number of nitrogens with one attached hydrogen (secondary N) is 1. The Hall–Kier alpha value is -1.26. The Morgan fingerprint density at radius 3 is 2.38 bits per heavy atom. The summed E-state index contributed by atoms with van der Waals surface area (Å²) in [6, 6.07) is 7.61. The summed E-state index contributed by atoms with van der Waals surface area (Å²) in [6.45, 7) is 2.62. The van der Waals surface area contributed by atoms with Crippen molar-refractivity contribution < 1.29 is 14.2 Å². The van der Waals surface area contributed by atoms with Crippen LogP contribution in [0.5, 0.6) is 11.5 Å². The third-order valence-electron chi connectivity index (χ3n) is 1.98. The Balaban J connectivity index is 2.37. The first-order valence-electron chi connectivity index (χ1n) is 5.36. The molecule has 4 nitrogen and oxygen atoms in total. The Morgan fingerprint density at radius 2 is 1.75 bits per heavy atom. The van der Waals surface area contributed by atoms with Crippen LogP contribution < -0.4 is 14.8 Å². The van der Waals surface area contributed by atoms with E-state index in [1.54, 1.807) is 7.11 Å². The Labute approximate surface area is 96.5 Å². The zero-order valence-corrected chi connectivity index (χ0v) is 9.86. The molecule has 0 aliphatic carbocycles. The highest BCUT2D eigenvalue weighted by molar-refractivity contribution is 5.32. The van der Waals surface area contributed by atoms with Gasteiger partial charge in [-0.3, -0.25) is 0 Å². The van der Waals surface area contributed by atoms with Crippen molar-refractivity contribution in [2.45, 2.75) is 0 Å². The molecule has 1 aromatic carbocycles. The lowest BCUT2D eigenvalue weighted by atomic mass is 10.3. The van der Waals surface area contributed by atoms with Crippen LogP contribution in [0.15, 0.2) is 24.3 Å². The molecule has 0 bridgehead atoms. The van der Waals surface area contributed by atoms with Gasteiger partial charge in [-0.15, -0.1) is 0 Å². The van der Waals surface area contributed by atoms with Crippen molar-refractivity contribution in [3.63, 3.8) is 0 Å². The second-order valence-corrected chi connectivity index (χ2v) is 3.27. The van der Waals surface area contributed by atoms with Crippen molar-refractivity contribution in [1.29, 1.82) is 0 Å². The van der Waals surface area contributed by atoms with Crippen molar-refractivity contribution in [3.05, 3.63) is 24.3 Å². The average Bonchev–Trinajstić information content (AvgIpc) is 2.30. The lowest BCUT2D eigenvalue weighted by Gasteiger charge is -2.09. The van der Waals surface area contributed by atoms with Crippen LogP contribution in [-0.4, -0.2) is 40.5 Å². The number of methoxy groups -OCH3 is 1. The maximum Gasteiger partial charge on any atom is 0.123 e. The van der Waals surface area contributed by atoms with E-state index in [2.05, 4.69) is 5.32 Å². The molecule has 0 amide bonds. The van der Waals surface area contributed by atoms with Gasteiger partial charge in [0.2, 0.25) is 0 Å². The van der Waals surface area contributed by atoms with Crippen molar-refractivity contribution in [1.82, 2.24) is 5.32 Å². The molecule has 0 aromatic heterocycles. The summed E-state index contributed by atoms with van der Waals surface area (Å²) in [5, 5.41) is 3.02. The van der Waals surface area contributed by atoms with Crippen LogP contribution in [0.3, 0.4) is 0 Å². The molecule has 0 unspecified atom stereocenters. The monoisotopic (exact) mass is 225 g/mol. The molecule has 1 rings (SSSR count). The van der Waals surface area contributed by atoms with Gasteiger partial charge in [0.05, 0.1) is 6.61 Å². The zero-order valence-electron chi connectivity index (χ0n) is 9.86. The lowest BCUT2D eigenvalue weighted by molar-refractivity contribution is 0.146. The lowest BCUT2D eigenvalue weighted by Crippen LogP contribution is -2.15. The van der Waals surface area contributed by atoms with E-state index in [1.807, 2.05) is 31.3 Å². The minimum absolute atomic E-state index is 0.552. The standard InChI is InChI=1S/C12H19NO3/c1-13-6-7-15-11-4-3-5-12(10-11)16-9-8-14-2/h3-5,10,13H,6-9H2,1-2H3. The highest BCUT2D eigenvalue weighted by Gasteiger charge is 1.97. The van der Waals surface area contributed by atoms with Crippen LogP contribution in [0.2, 0.25) is 0 Å². The summed E-state index contributed by atoms with van der Waals surface area (Å²) in [5.74, 6) is 1.63. The molecule has 0 aliphatic heterocycles. The number of ether oxygens (including phenoxy) is 3. The normalized spacial score (nSPS) is 10.1. The summed E-state index contributed by atoms with van der Waals surface area (Å²) in [6.07, 6.45) is 0. The van der Waals surface area contributed by atoms with Crippen molar-refractivity contribution in [3.8, 4) is 11.5 Å². The number of likely N-dealkylation sites (N-methyl/N-ethyl adjacent to an activating group) is 1. The van der Waals surface area contributed by atoms with Crippen LogP contribution >= 0.6 is 0 Å². The van der Waals surface area contributed by atoms with Gasteiger partial charge >= 0.3 is 0 Å². The smallest absolute Gasteiger partial charge is 0.123 e. The molecule has 0 atom stereocenters. The van der Waals surface area contributed by atoms with Gasteiger partial charge in [0.15, 0.2) is 0 Å². The molecule has 0 heterocycles. The first-order chi connectivity index (χ1) is 7.86. The fourth-order valence-electron chi connectivity index (χ4n) is 1.17. The summed E-state index contributed by atoms with van der Waals surface area (Å²) in [5.41, 5.74) is 0. The average molecular weight is 225 g/mol. The van der Waals surface area contributed by atoms with Gasteiger partial charge in [-0.25, -0.2) is 0 Å². The SMILES string of the molecule is CNCCOc1cccc(OCCOC)c1. The predicted octanol–water partition coefficient (Wildman–Crippen LogP) is 1.31. The molecule has 16 heavy (non-hydrogen) atoms. The molecule has 4 heteroatoms. The van der Waals surface area contributed by atoms with E-state index in [9.17, 15) is 0 Å². The zero-order chi connectivity index (χ0) is 11.6. The van der Waals surface area contributed by atoms with E-state index in [0.717, 1.165) is 18.0 Å². The number of hydrogen-bond acceptors (Lipinski definition) is 4. The van der Waals surface area contributed by atoms with Gasteiger partial charge in [0.25, 0.3) is 0 Å². The van der Waals surface area contributed by atoms with E-state index >= 15 is 0 Å². The maximum absolute atomic E-state index is 5.52. The highest BCUT2D eigenvalue weighted by atomic mass is 16.5. The van der Waals surface area contributed by atoms with Crippen LogP contribution in [0.25, 0.3) is 0 Å². The topological polar surface area (TPSA) is 39.7 Å². The first kappa shape index (κ1) is 12.8. The second kappa shape index (κ2) is 7.96. The highest BCUT2D eigenvalue weighted by Crippen LogP contribution is 2.19. The molecule has 0 spiro atoms. The molecule has 0 saturated heterocycles. The van der Waals surface area contributed by atoms with E-state index < -0.39 is 0 Å². The largest absolute Gasteiger partial charge is 0.492 e. The third-order valence-corrected chi connectivity index (χ3v) is 1.98. The molecule has 0 aliphatic rings. The van der Waals surface area contributed by atoms with Crippen LogP contribution in [-0.2, 0) is 4.74 Å². The van der Waals surface area contributed by atoms with E-state index in [0.29, 0.717) is 19.8 Å². The van der Waals surface area contributed by atoms with Gasteiger partial charge in [0, 0.05) is 19.7 Å². The Morgan fingerprint density at radius 1 is 1.06 bits per heavy atom. The molecule has 90 valence electrons. The minimum Gasteiger partial charge on any atom is -0.492 e. The molecule has 0 saturated carbocycles. The number of hydrogen-bond donors (Lipinski definition) is 1. The van der Waals surface area contributed by atoms with Crippen LogP contribution in [0, 0.1) is 0 Å². The van der Waals surface area contributed by atoms with E-state index in [-0.39, 0.29) is 0 Å². The first-order valence-corrected chi connectivity index (χ1v) is 5.36. The van der Waals surface area contributed by atoms with Gasteiger partial charge in [-0.2, -0.15) is 0 Å². The van der Waals surface area contributed by atoms with E-state index in [4.69, 9.17) is 14.2 Å². The minimum atomic E-state index is 0.552. The van der Waals surface area contributed by atoms with Gasteiger partial charge in [-0.1, -0.05) is 6.07 Å². The van der Waals surface area contributed by atoms with Crippen LogP contribution in [0.4, 0.5) is 0 Å². The van der Waals surface area contributed by atoms with E-state index in [1.165, 1.54) is 0 Å². The fourth-order valence-corrected chi connectivity index (χ4v) is 1.17. The summed E-state index contributed by atoms with van der Waals surface area (Å²) in [4.78, 5) is 0. The molecular formula is C12H19NO3. The maximum atomic E-state index is 5.52. The molecule has 0 radical (unpaired) electrons. The summed E-state index contributed by atoms with van der Waals surface area (Å²) in [7, 11) is 3.55. The summed E-state index contributed by atoms with van der Waals surface area (Å²) >= 11 is 0. The van der Waals surface area contributed by atoms with Gasteiger partial charge in [0.1, 0.15) is 24.7 Å². The Bertz CT molecular complexity index is 266. The van der Waals surface area contributed by atoms with Crippen molar-refractivity contribution in [2.24, 2.45) is 0 Å². The third kappa shape index (κ3) is 5.00. The van der Waals surface area contributed by atoms with Gasteiger partial charge in [-0.05, 0) is 19.2 Å². The van der Waals surface area contributed by atoms with Gasteiger partial charge < -0.3 is 19.5 Å². The van der Waals surface area contributed by atoms with Crippen LogP contribution in [0.1, 0.15) is 0 Å². The fraction of sp³-hybridized carbons (Fsp3) is 0.500. The quantitative estimate of drug-likeness (QED) is 0.677. The molecule has 1 N–H and O–H groups in total. The molecule has 1 aromatic rings. The van der Waals surface area contributed by atoms with Crippen molar-refractivity contribution in [2.75, 3.05) is 40.5 Å². The summed E-state index contributed by atoms with van der Waals surface area (Å²) < 4.78 is 15.9. The molecule has 0 fully saturated rings. The number of benzene rings is 1. The van der Waals surface area contributed by atoms with Crippen molar-refractivity contribution >= 4 is 0 Å². The second-order valence-electron chi connectivity index (χ2n) is 3.27. The predicted molar refractivity (Wildman–Crippen MR) is 63.2 cm³/mol. The molecular weight excluding hydrogens is 206 g/mol. The Kier molecular flexibility index (Phi) is 6.37. The number of rotatable bonds is 8.